The number of imidazole rings is 1. The zero-order chi connectivity index (χ0) is 14.9. The van der Waals surface area contributed by atoms with Gasteiger partial charge in [-0.3, -0.25) is 4.98 Å². The van der Waals surface area contributed by atoms with E-state index in [1.165, 1.54) is 0 Å². The maximum atomic E-state index is 13.7. The molecule has 20 heavy (non-hydrogen) atoms. The quantitative estimate of drug-likeness (QED) is 0.669. The highest BCUT2D eigenvalue weighted by atomic mass is 19.2. The first-order valence-corrected chi connectivity index (χ1v) is 5.58. The van der Waals surface area contributed by atoms with Gasteiger partial charge in [0.2, 0.25) is 0 Å². The molecular weight excluding hydrogens is 277 g/mol. The molecule has 2 N–H and O–H groups in total. The van der Waals surface area contributed by atoms with Crippen molar-refractivity contribution in [2.24, 2.45) is 0 Å². The number of carbonyl (C=O) groups is 1. The van der Waals surface area contributed by atoms with E-state index in [0.29, 0.717) is 12.1 Å². The van der Waals surface area contributed by atoms with Crippen LogP contribution in [-0.4, -0.2) is 22.5 Å². The Labute approximate surface area is 110 Å². The lowest BCUT2D eigenvalue weighted by Gasteiger charge is -2.05. The van der Waals surface area contributed by atoms with E-state index in [-0.39, 0.29) is 18.0 Å². The Morgan fingerprint density at radius 1 is 1.15 bits per heavy atom. The summed E-state index contributed by atoms with van der Waals surface area (Å²) in [5, 5.41) is 0. The van der Waals surface area contributed by atoms with Gasteiger partial charge in [0.1, 0.15) is 5.82 Å². The van der Waals surface area contributed by atoms with Gasteiger partial charge in [0, 0.05) is 11.6 Å². The molecule has 2 rings (SSSR count). The van der Waals surface area contributed by atoms with Crippen LogP contribution in [0.3, 0.4) is 0 Å². The van der Waals surface area contributed by atoms with E-state index in [0.717, 1.165) is 0 Å². The fraction of sp³-hybridized carbons (Fsp3) is 0.167. The van der Waals surface area contributed by atoms with Gasteiger partial charge in [0.25, 0.3) is 0 Å². The van der Waals surface area contributed by atoms with Crippen LogP contribution in [0.4, 0.5) is 13.2 Å². The predicted molar refractivity (Wildman–Crippen MR) is 62.7 cm³/mol. The van der Waals surface area contributed by atoms with Gasteiger partial charge in [-0.05, 0) is 13.0 Å². The van der Waals surface area contributed by atoms with Crippen molar-refractivity contribution in [3.63, 3.8) is 0 Å². The summed E-state index contributed by atoms with van der Waals surface area (Å²) in [7, 11) is 0. The van der Waals surface area contributed by atoms with Crippen molar-refractivity contribution in [3.8, 4) is 11.3 Å². The third-order valence-corrected chi connectivity index (χ3v) is 2.49. The van der Waals surface area contributed by atoms with Gasteiger partial charge in [-0.1, -0.05) is 0 Å². The maximum Gasteiger partial charge on any atom is 0.357 e. The molecule has 0 aliphatic heterocycles. The molecule has 0 amide bonds. The second-order valence-corrected chi connectivity index (χ2v) is 3.80. The van der Waals surface area contributed by atoms with Crippen molar-refractivity contribution >= 4 is 5.97 Å². The number of H-pyrrole nitrogens is 2. The van der Waals surface area contributed by atoms with Gasteiger partial charge in [-0.25, -0.2) is 22.8 Å². The normalized spacial score (nSPS) is 10.6. The number of rotatable bonds is 3. The molecule has 0 atom stereocenters. The van der Waals surface area contributed by atoms with Crippen LogP contribution >= 0.6 is 0 Å². The number of benzene rings is 1. The fourth-order valence-corrected chi connectivity index (χ4v) is 1.66. The van der Waals surface area contributed by atoms with E-state index >= 15 is 0 Å². The summed E-state index contributed by atoms with van der Waals surface area (Å²) in [5.74, 6) is -4.71. The summed E-state index contributed by atoms with van der Waals surface area (Å²) in [5.41, 5.74) is -1.91. The Hall–Kier alpha value is -2.51. The van der Waals surface area contributed by atoms with Crippen LogP contribution < -0.4 is 5.69 Å². The minimum absolute atomic E-state index is 0.0335. The second-order valence-electron chi connectivity index (χ2n) is 3.80. The molecular formula is C12H9F3N2O3. The number of esters is 1. The zero-order valence-corrected chi connectivity index (χ0v) is 10.2. The first-order valence-electron chi connectivity index (χ1n) is 5.58. The van der Waals surface area contributed by atoms with Crippen LogP contribution in [0.25, 0.3) is 11.3 Å². The Bertz CT molecular complexity index is 721. The third kappa shape index (κ3) is 2.44. The molecule has 0 bridgehead atoms. The number of ether oxygens (including phenoxy) is 1. The van der Waals surface area contributed by atoms with E-state index < -0.39 is 34.7 Å². The largest absolute Gasteiger partial charge is 0.461 e. The zero-order valence-electron chi connectivity index (χ0n) is 10.2. The average molecular weight is 286 g/mol. The number of halogens is 3. The van der Waals surface area contributed by atoms with E-state index in [2.05, 4.69) is 14.7 Å². The molecule has 1 aromatic heterocycles. The van der Waals surface area contributed by atoms with Gasteiger partial charge in [0.05, 0.1) is 12.3 Å². The van der Waals surface area contributed by atoms with Gasteiger partial charge in [-0.15, -0.1) is 0 Å². The number of hydrogen-bond donors (Lipinski definition) is 2. The molecule has 0 unspecified atom stereocenters. The number of aromatic nitrogens is 2. The van der Waals surface area contributed by atoms with Gasteiger partial charge in [-0.2, -0.15) is 0 Å². The van der Waals surface area contributed by atoms with E-state index in [4.69, 9.17) is 0 Å². The molecule has 2 aromatic rings. The molecule has 8 heteroatoms. The summed E-state index contributed by atoms with van der Waals surface area (Å²) < 4.78 is 44.4. The van der Waals surface area contributed by atoms with Gasteiger partial charge in [0.15, 0.2) is 17.3 Å². The Morgan fingerprint density at radius 3 is 2.45 bits per heavy atom. The highest BCUT2D eigenvalue weighted by Crippen LogP contribution is 2.25. The van der Waals surface area contributed by atoms with Crippen LogP contribution in [0, 0.1) is 17.5 Å². The first-order chi connectivity index (χ1) is 9.43. The molecule has 106 valence electrons. The van der Waals surface area contributed by atoms with Crippen LogP contribution in [0.15, 0.2) is 16.9 Å². The highest BCUT2D eigenvalue weighted by Gasteiger charge is 2.22. The number of carbonyl (C=O) groups excluding carboxylic acids is 1. The number of hydrogen-bond acceptors (Lipinski definition) is 3. The molecule has 0 fully saturated rings. The lowest BCUT2D eigenvalue weighted by atomic mass is 10.1. The SMILES string of the molecule is CCOC(=O)c1[nH]c(=O)[nH]c1-c1cc(F)c(F)cc1F. The first kappa shape index (κ1) is 13.9. The summed E-state index contributed by atoms with van der Waals surface area (Å²) in [6.07, 6.45) is 0. The molecule has 0 saturated carbocycles. The molecule has 5 nitrogen and oxygen atoms in total. The van der Waals surface area contributed by atoms with Gasteiger partial charge < -0.3 is 9.72 Å². The fourth-order valence-electron chi connectivity index (χ4n) is 1.66. The molecule has 0 spiro atoms. The van der Waals surface area contributed by atoms with Crippen molar-refractivity contribution in [2.75, 3.05) is 6.61 Å². The molecule has 1 heterocycles. The van der Waals surface area contributed by atoms with Gasteiger partial charge >= 0.3 is 11.7 Å². The van der Waals surface area contributed by atoms with Crippen molar-refractivity contribution in [2.45, 2.75) is 6.92 Å². The smallest absolute Gasteiger partial charge is 0.357 e. The Balaban J connectivity index is 2.61. The summed E-state index contributed by atoms with van der Waals surface area (Å²) in [6, 6.07) is 0.872. The molecule has 0 radical (unpaired) electrons. The van der Waals surface area contributed by atoms with E-state index in [9.17, 15) is 22.8 Å². The van der Waals surface area contributed by atoms with Crippen LogP contribution in [-0.2, 0) is 4.74 Å². The minimum Gasteiger partial charge on any atom is -0.461 e. The van der Waals surface area contributed by atoms with Crippen LogP contribution in [0.5, 0.6) is 0 Å². The number of nitrogens with one attached hydrogen (secondary N) is 2. The van der Waals surface area contributed by atoms with E-state index in [1.54, 1.807) is 6.92 Å². The summed E-state index contributed by atoms with van der Waals surface area (Å²) in [4.78, 5) is 27.1. The summed E-state index contributed by atoms with van der Waals surface area (Å²) in [6.45, 7) is 1.58. The maximum absolute atomic E-state index is 13.7. The topological polar surface area (TPSA) is 75.0 Å². The molecule has 0 aliphatic rings. The van der Waals surface area contributed by atoms with Crippen molar-refractivity contribution in [1.82, 2.24) is 9.97 Å². The van der Waals surface area contributed by atoms with Crippen molar-refractivity contribution in [1.29, 1.82) is 0 Å². The minimum atomic E-state index is -1.37. The predicted octanol–water partition coefficient (Wildman–Crippen LogP) is 1.96. The highest BCUT2D eigenvalue weighted by molar-refractivity contribution is 5.94. The second kappa shape index (κ2) is 5.24. The molecule has 0 aliphatic carbocycles. The lowest BCUT2D eigenvalue weighted by molar-refractivity contribution is 0.0521. The van der Waals surface area contributed by atoms with E-state index in [1.807, 2.05) is 0 Å². The molecule has 1 aromatic carbocycles. The third-order valence-electron chi connectivity index (χ3n) is 2.49. The van der Waals surface area contributed by atoms with Crippen LogP contribution in [0.1, 0.15) is 17.4 Å². The van der Waals surface area contributed by atoms with Crippen molar-refractivity contribution < 1.29 is 22.7 Å². The average Bonchev–Trinajstić information content (AvgIpc) is 2.76. The standard InChI is InChI=1S/C12H9F3N2O3/c1-2-20-11(18)10-9(16-12(19)17-10)5-3-7(14)8(15)4-6(5)13/h3-4H,2H2,1H3,(H2,16,17,19). The summed E-state index contributed by atoms with van der Waals surface area (Å²) >= 11 is 0. The Morgan fingerprint density at radius 2 is 1.80 bits per heavy atom. The lowest BCUT2D eigenvalue weighted by Crippen LogP contribution is -2.09. The van der Waals surface area contributed by atoms with Crippen molar-refractivity contribution in [3.05, 3.63) is 45.8 Å². The Kier molecular flexibility index (Phi) is 3.64. The monoisotopic (exact) mass is 286 g/mol. The number of aromatic amines is 2. The van der Waals surface area contributed by atoms with Crippen LogP contribution in [0.2, 0.25) is 0 Å². The molecule has 0 saturated heterocycles.